The third-order valence-electron chi connectivity index (χ3n) is 2.73. The van der Waals surface area contributed by atoms with Crippen LogP contribution in [0.2, 0.25) is 0 Å². The van der Waals surface area contributed by atoms with E-state index >= 15 is 0 Å². The van der Waals surface area contributed by atoms with Crippen LogP contribution in [0.5, 0.6) is 0 Å². The lowest BCUT2D eigenvalue weighted by Gasteiger charge is -2.05. The standard InChI is InChI=1S/C11H15N5O/c1-2-16-11-8(6-15-16)10(13)7(5-14-11)3-4-9(12)17/h5-6H,2-4H2,1H3,(H2,12,17)(H2,13,14). The molecule has 1 amide bonds. The fourth-order valence-electron chi connectivity index (χ4n) is 1.78. The van der Waals surface area contributed by atoms with Crippen molar-refractivity contribution in [3.05, 3.63) is 18.0 Å². The lowest BCUT2D eigenvalue weighted by molar-refractivity contribution is -0.117. The van der Waals surface area contributed by atoms with Crippen molar-refractivity contribution < 1.29 is 4.79 Å². The van der Waals surface area contributed by atoms with Crippen molar-refractivity contribution in [1.29, 1.82) is 0 Å². The number of hydrogen-bond acceptors (Lipinski definition) is 4. The van der Waals surface area contributed by atoms with E-state index in [0.717, 1.165) is 23.1 Å². The Kier molecular flexibility index (Phi) is 2.95. The van der Waals surface area contributed by atoms with Gasteiger partial charge in [0.05, 0.1) is 11.6 Å². The van der Waals surface area contributed by atoms with Crippen molar-refractivity contribution >= 4 is 22.6 Å². The number of nitrogens with two attached hydrogens (primary N) is 2. The van der Waals surface area contributed by atoms with E-state index in [1.807, 2.05) is 6.92 Å². The van der Waals surface area contributed by atoms with Crippen LogP contribution in [0.3, 0.4) is 0 Å². The minimum absolute atomic E-state index is 0.277. The number of primary amides is 1. The van der Waals surface area contributed by atoms with E-state index in [4.69, 9.17) is 11.5 Å². The normalized spacial score (nSPS) is 10.9. The van der Waals surface area contributed by atoms with E-state index in [2.05, 4.69) is 10.1 Å². The second-order valence-corrected chi connectivity index (χ2v) is 3.86. The Labute approximate surface area is 98.6 Å². The zero-order chi connectivity index (χ0) is 12.4. The van der Waals surface area contributed by atoms with Gasteiger partial charge in [-0.1, -0.05) is 0 Å². The molecule has 0 aliphatic heterocycles. The van der Waals surface area contributed by atoms with Gasteiger partial charge in [0, 0.05) is 24.8 Å². The first-order valence-electron chi connectivity index (χ1n) is 5.50. The molecule has 0 atom stereocenters. The second kappa shape index (κ2) is 4.40. The Morgan fingerprint density at radius 1 is 1.47 bits per heavy atom. The molecule has 0 bridgehead atoms. The van der Waals surface area contributed by atoms with Crippen molar-refractivity contribution in [2.24, 2.45) is 5.73 Å². The van der Waals surface area contributed by atoms with E-state index in [9.17, 15) is 4.79 Å². The van der Waals surface area contributed by atoms with Crippen LogP contribution < -0.4 is 11.5 Å². The zero-order valence-electron chi connectivity index (χ0n) is 9.68. The molecule has 0 saturated carbocycles. The van der Waals surface area contributed by atoms with Gasteiger partial charge in [-0.2, -0.15) is 5.10 Å². The third-order valence-corrected chi connectivity index (χ3v) is 2.73. The summed E-state index contributed by atoms with van der Waals surface area (Å²) in [5, 5.41) is 5.02. The molecular weight excluding hydrogens is 218 g/mol. The number of pyridine rings is 1. The van der Waals surface area contributed by atoms with Gasteiger partial charge in [-0.3, -0.25) is 4.79 Å². The Morgan fingerprint density at radius 3 is 2.88 bits per heavy atom. The smallest absolute Gasteiger partial charge is 0.217 e. The molecule has 0 aromatic carbocycles. The van der Waals surface area contributed by atoms with Crippen LogP contribution in [0.25, 0.3) is 11.0 Å². The van der Waals surface area contributed by atoms with Gasteiger partial charge in [0.2, 0.25) is 5.91 Å². The van der Waals surface area contributed by atoms with E-state index in [1.165, 1.54) is 0 Å². The number of aryl methyl sites for hydroxylation is 2. The van der Waals surface area contributed by atoms with Gasteiger partial charge < -0.3 is 11.5 Å². The van der Waals surface area contributed by atoms with Gasteiger partial charge in [0.1, 0.15) is 0 Å². The summed E-state index contributed by atoms with van der Waals surface area (Å²) in [6.07, 6.45) is 4.18. The molecule has 0 fully saturated rings. The monoisotopic (exact) mass is 233 g/mol. The molecule has 90 valence electrons. The number of nitrogen functional groups attached to an aromatic ring is 1. The zero-order valence-corrected chi connectivity index (χ0v) is 9.68. The highest BCUT2D eigenvalue weighted by Gasteiger charge is 2.10. The molecule has 2 aromatic heterocycles. The van der Waals surface area contributed by atoms with Gasteiger partial charge >= 0.3 is 0 Å². The van der Waals surface area contributed by atoms with Crippen LogP contribution in [0.4, 0.5) is 5.69 Å². The molecule has 2 heterocycles. The van der Waals surface area contributed by atoms with Crippen molar-refractivity contribution in [3.63, 3.8) is 0 Å². The third kappa shape index (κ3) is 2.06. The van der Waals surface area contributed by atoms with Crippen molar-refractivity contribution in [2.75, 3.05) is 5.73 Å². The quantitative estimate of drug-likeness (QED) is 0.800. The molecule has 0 spiro atoms. The number of nitrogens with zero attached hydrogens (tertiary/aromatic N) is 3. The summed E-state index contributed by atoms with van der Waals surface area (Å²) in [4.78, 5) is 15.1. The number of carbonyl (C=O) groups excluding carboxylic acids is 1. The van der Waals surface area contributed by atoms with Crippen LogP contribution in [0.1, 0.15) is 18.9 Å². The fraction of sp³-hybridized carbons (Fsp3) is 0.364. The summed E-state index contributed by atoms with van der Waals surface area (Å²) >= 11 is 0. The summed E-state index contributed by atoms with van der Waals surface area (Å²) in [6, 6.07) is 0. The second-order valence-electron chi connectivity index (χ2n) is 3.86. The number of anilines is 1. The molecule has 17 heavy (non-hydrogen) atoms. The summed E-state index contributed by atoms with van der Waals surface area (Å²) in [5.74, 6) is -0.339. The number of hydrogen-bond donors (Lipinski definition) is 2. The van der Waals surface area contributed by atoms with Gasteiger partial charge in [0.15, 0.2) is 5.65 Å². The van der Waals surface area contributed by atoms with Crippen molar-refractivity contribution in [1.82, 2.24) is 14.8 Å². The molecule has 0 radical (unpaired) electrons. The van der Waals surface area contributed by atoms with Gasteiger partial charge in [-0.25, -0.2) is 9.67 Å². The lowest BCUT2D eigenvalue weighted by atomic mass is 10.1. The summed E-state index contributed by atoms with van der Waals surface area (Å²) < 4.78 is 1.78. The van der Waals surface area contributed by atoms with E-state index < -0.39 is 0 Å². The van der Waals surface area contributed by atoms with E-state index in [-0.39, 0.29) is 12.3 Å². The highest BCUT2D eigenvalue weighted by Crippen LogP contribution is 2.23. The number of fused-ring (bicyclic) bond motifs is 1. The molecule has 0 aliphatic carbocycles. The summed E-state index contributed by atoms with van der Waals surface area (Å²) in [5.41, 5.74) is 13.4. The van der Waals surface area contributed by atoms with Gasteiger partial charge in [-0.05, 0) is 18.9 Å². The SMILES string of the molecule is CCn1ncc2c(N)c(CCC(N)=O)cnc21. The van der Waals surface area contributed by atoms with Crippen LogP contribution in [-0.4, -0.2) is 20.7 Å². The molecule has 0 unspecified atom stereocenters. The fourth-order valence-corrected chi connectivity index (χ4v) is 1.78. The predicted octanol–water partition coefficient (Wildman–Crippen LogP) is 0.451. The van der Waals surface area contributed by atoms with E-state index in [0.29, 0.717) is 12.1 Å². The van der Waals surface area contributed by atoms with Crippen LogP contribution in [0, 0.1) is 0 Å². The number of carbonyl (C=O) groups is 1. The van der Waals surface area contributed by atoms with Crippen LogP contribution in [-0.2, 0) is 17.8 Å². The molecule has 6 heteroatoms. The maximum absolute atomic E-state index is 10.7. The minimum atomic E-state index is -0.339. The number of amides is 1. The first-order chi connectivity index (χ1) is 8.13. The molecule has 4 N–H and O–H groups in total. The number of aromatic nitrogens is 3. The molecule has 0 saturated heterocycles. The molecule has 2 rings (SSSR count). The van der Waals surface area contributed by atoms with Crippen LogP contribution in [0.15, 0.2) is 12.4 Å². The molecule has 2 aromatic rings. The molecule has 0 aliphatic rings. The number of rotatable bonds is 4. The average molecular weight is 233 g/mol. The lowest BCUT2D eigenvalue weighted by Crippen LogP contribution is -2.12. The summed E-state index contributed by atoms with van der Waals surface area (Å²) in [7, 11) is 0. The van der Waals surface area contributed by atoms with Crippen molar-refractivity contribution in [2.45, 2.75) is 26.3 Å². The van der Waals surface area contributed by atoms with Gasteiger partial charge in [0.25, 0.3) is 0 Å². The Balaban J connectivity index is 2.40. The largest absolute Gasteiger partial charge is 0.398 e. The molecule has 6 nitrogen and oxygen atoms in total. The molecular formula is C11H15N5O. The van der Waals surface area contributed by atoms with Gasteiger partial charge in [-0.15, -0.1) is 0 Å². The first kappa shape index (κ1) is 11.4. The predicted molar refractivity (Wildman–Crippen MR) is 65.1 cm³/mol. The first-order valence-corrected chi connectivity index (χ1v) is 5.50. The Bertz CT molecular complexity index is 560. The van der Waals surface area contributed by atoms with Crippen LogP contribution >= 0.6 is 0 Å². The Morgan fingerprint density at radius 2 is 2.24 bits per heavy atom. The highest BCUT2D eigenvalue weighted by atomic mass is 16.1. The Hall–Kier alpha value is -2.11. The maximum atomic E-state index is 10.7. The summed E-state index contributed by atoms with van der Waals surface area (Å²) in [6.45, 7) is 2.74. The van der Waals surface area contributed by atoms with E-state index in [1.54, 1.807) is 17.1 Å². The maximum Gasteiger partial charge on any atom is 0.217 e. The van der Waals surface area contributed by atoms with Crippen molar-refractivity contribution in [3.8, 4) is 0 Å². The minimum Gasteiger partial charge on any atom is -0.398 e. The topological polar surface area (TPSA) is 99.8 Å². The highest BCUT2D eigenvalue weighted by molar-refractivity contribution is 5.89. The average Bonchev–Trinajstić information content (AvgIpc) is 2.71.